The number of benzene rings is 1. The molecule has 112 valence electrons. The Morgan fingerprint density at radius 2 is 1.86 bits per heavy atom. The molecule has 0 unspecified atom stereocenters. The molecule has 0 aliphatic carbocycles. The Bertz CT molecular complexity index is 588. The molecule has 1 heterocycles. The van der Waals surface area contributed by atoms with E-state index in [-0.39, 0.29) is 12.1 Å². The highest BCUT2D eigenvalue weighted by Gasteiger charge is 2.17. The molecule has 1 aromatic heterocycles. The first-order valence-corrected chi connectivity index (χ1v) is 6.44. The molecule has 1 atom stereocenters. The molecule has 6 heteroatoms. The second-order valence-electron chi connectivity index (χ2n) is 4.45. The monoisotopic (exact) mass is 294 g/mol. The highest BCUT2D eigenvalue weighted by Crippen LogP contribution is 2.20. The van der Waals surface area contributed by atoms with Crippen molar-refractivity contribution in [1.82, 2.24) is 10.3 Å². The van der Waals surface area contributed by atoms with E-state index in [1.165, 1.54) is 13.2 Å². The van der Waals surface area contributed by atoms with E-state index in [4.69, 9.17) is 4.74 Å². The van der Waals surface area contributed by atoms with Crippen molar-refractivity contribution in [2.45, 2.75) is 12.6 Å². The number of aliphatic hydroxyl groups excluding tert-OH is 1. The third-order valence-electron chi connectivity index (χ3n) is 2.97. The second-order valence-corrected chi connectivity index (χ2v) is 4.45. The Labute approximate surface area is 121 Å². The number of nitrogens with one attached hydrogen (secondary N) is 1. The van der Waals surface area contributed by atoms with E-state index < -0.39 is 17.7 Å². The predicted octanol–water partition coefficient (Wildman–Crippen LogP) is 2.19. The van der Waals surface area contributed by atoms with Gasteiger partial charge in [-0.2, -0.15) is 0 Å². The fourth-order valence-corrected chi connectivity index (χ4v) is 1.94. The van der Waals surface area contributed by atoms with Gasteiger partial charge >= 0.3 is 0 Å². The van der Waals surface area contributed by atoms with Gasteiger partial charge in [0.1, 0.15) is 11.6 Å². The van der Waals surface area contributed by atoms with E-state index in [1.54, 1.807) is 18.2 Å². The summed E-state index contributed by atoms with van der Waals surface area (Å²) in [5.74, 6) is -1.04. The van der Waals surface area contributed by atoms with Gasteiger partial charge in [-0.15, -0.1) is 0 Å². The zero-order chi connectivity index (χ0) is 15.2. The quantitative estimate of drug-likeness (QED) is 0.857. The van der Waals surface area contributed by atoms with Crippen LogP contribution in [0.15, 0.2) is 36.4 Å². The Kier molecular flexibility index (Phi) is 5.19. The lowest BCUT2D eigenvalue weighted by Gasteiger charge is -2.13. The maximum atomic E-state index is 13.5. The van der Waals surface area contributed by atoms with Gasteiger partial charge in [0.25, 0.3) is 0 Å². The first-order valence-electron chi connectivity index (χ1n) is 6.44. The van der Waals surface area contributed by atoms with E-state index in [9.17, 15) is 13.9 Å². The fourth-order valence-electron chi connectivity index (χ4n) is 1.94. The van der Waals surface area contributed by atoms with Crippen LogP contribution in [0, 0.1) is 11.6 Å². The van der Waals surface area contributed by atoms with Gasteiger partial charge in [-0.3, -0.25) is 0 Å². The molecule has 2 N–H and O–H groups in total. The fraction of sp³-hybridized carbons (Fsp3) is 0.267. The summed E-state index contributed by atoms with van der Waals surface area (Å²) in [6.07, 6.45) is -1.27. The van der Waals surface area contributed by atoms with Crippen LogP contribution in [-0.2, 0) is 6.54 Å². The first kappa shape index (κ1) is 15.3. The molecule has 0 saturated heterocycles. The third-order valence-corrected chi connectivity index (χ3v) is 2.97. The number of pyridine rings is 1. The summed E-state index contributed by atoms with van der Waals surface area (Å²) in [7, 11) is 1.52. The molecule has 1 aromatic carbocycles. The summed E-state index contributed by atoms with van der Waals surface area (Å²) >= 11 is 0. The van der Waals surface area contributed by atoms with Gasteiger partial charge in [-0.05, 0) is 18.2 Å². The number of aromatic nitrogens is 1. The SMILES string of the molecule is COc1cccc(CNC[C@H](O)c2c(F)cccc2F)n1. The molecular formula is C15H16F2N2O2. The summed E-state index contributed by atoms with van der Waals surface area (Å²) in [5.41, 5.74) is 0.374. The maximum absolute atomic E-state index is 13.5. The predicted molar refractivity (Wildman–Crippen MR) is 73.8 cm³/mol. The first-order chi connectivity index (χ1) is 10.1. The number of rotatable bonds is 6. The van der Waals surface area contributed by atoms with Gasteiger partial charge in [0.2, 0.25) is 5.88 Å². The molecule has 4 nitrogen and oxygen atoms in total. The molecule has 0 aliphatic rings. The van der Waals surface area contributed by atoms with Crippen LogP contribution in [0.3, 0.4) is 0 Å². The average molecular weight is 294 g/mol. The highest BCUT2D eigenvalue weighted by atomic mass is 19.1. The van der Waals surface area contributed by atoms with Crippen molar-refractivity contribution in [2.24, 2.45) is 0 Å². The Morgan fingerprint density at radius 3 is 2.52 bits per heavy atom. The van der Waals surface area contributed by atoms with Crippen LogP contribution in [0.4, 0.5) is 8.78 Å². The lowest BCUT2D eigenvalue weighted by Crippen LogP contribution is -2.23. The Balaban J connectivity index is 1.93. The van der Waals surface area contributed by atoms with Gasteiger partial charge in [-0.1, -0.05) is 12.1 Å². The van der Waals surface area contributed by atoms with Crippen LogP contribution in [0.1, 0.15) is 17.4 Å². The molecule has 0 bridgehead atoms. The van der Waals surface area contributed by atoms with Crippen LogP contribution >= 0.6 is 0 Å². The number of nitrogens with zero attached hydrogens (tertiary/aromatic N) is 1. The van der Waals surface area contributed by atoms with E-state index in [1.807, 2.05) is 0 Å². The molecule has 0 spiro atoms. The van der Waals surface area contributed by atoms with Gasteiger partial charge in [0, 0.05) is 19.2 Å². The minimum Gasteiger partial charge on any atom is -0.481 e. The summed E-state index contributed by atoms with van der Waals surface area (Å²) in [5, 5.41) is 12.8. The molecule has 0 radical (unpaired) electrons. The van der Waals surface area contributed by atoms with Gasteiger partial charge < -0.3 is 15.2 Å². The van der Waals surface area contributed by atoms with Crippen molar-refractivity contribution < 1.29 is 18.6 Å². The van der Waals surface area contributed by atoms with Crippen molar-refractivity contribution in [2.75, 3.05) is 13.7 Å². The molecule has 0 aliphatic heterocycles. The number of hydrogen-bond acceptors (Lipinski definition) is 4. The summed E-state index contributed by atoms with van der Waals surface area (Å²) in [6, 6.07) is 8.78. The Morgan fingerprint density at radius 1 is 1.19 bits per heavy atom. The van der Waals surface area contributed by atoms with Crippen molar-refractivity contribution in [3.05, 3.63) is 59.3 Å². The van der Waals surface area contributed by atoms with Crippen molar-refractivity contribution in [3.8, 4) is 5.88 Å². The van der Waals surface area contributed by atoms with Crippen LogP contribution in [0.5, 0.6) is 5.88 Å². The molecule has 21 heavy (non-hydrogen) atoms. The zero-order valence-electron chi connectivity index (χ0n) is 11.5. The molecule has 2 rings (SSSR count). The summed E-state index contributed by atoms with van der Waals surface area (Å²) in [4.78, 5) is 4.18. The molecule has 0 amide bonds. The lowest BCUT2D eigenvalue weighted by atomic mass is 10.1. The topological polar surface area (TPSA) is 54.4 Å². The lowest BCUT2D eigenvalue weighted by molar-refractivity contribution is 0.164. The summed E-state index contributed by atoms with van der Waals surface area (Å²) < 4.78 is 32.0. The van der Waals surface area contributed by atoms with E-state index in [2.05, 4.69) is 10.3 Å². The highest BCUT2D eigenvalue weighted by molar-refractivity contribution is 5.22. The number of ether oxygens (including phenoxy) is 1. The number of aliphatic hydroxyl groups is 1. The number of halogens is 2. The summed E-state index contributed by atoms with van der Waals surface area (Å²) in [6.45, 7) is 0.362. The smallest absolute Gasteiger partial charge is 0.213 e. The van der Waals surface area contributed by atoms with Crippen LogP contribution < -0.4 is 10.1 Å². The van der Waals surface area contributed by atoms with Gasteiger partial charge in [-0.25, -0.2) is 13.8 Å². The Hall–Kier alpha value is -2.05. The van der Waals surface area contributed by atoms with Crippen molar-refractivity contribution >= 4 is 0 Å². The largest absolute Gasteiger partial charge is 0.481 e. The maximum Gasteiger partial charge on any atom is 0.213 e. The van der Waals surface area contributed by atoms with Crippen molar-refractivity contribution in [3.63, 3.8) is 0 Å². The number of hydrogen-bond donors (Lipinski definition) is 2. The average Bonchev–Trinajstić information content (AvgIpc) is 2.47. The standard InChI is InChI=1S/C15H16F2N2O2/c1-21-14-7-2-4-10(19-14)8-18-9-13(20)15-11(16)5-3-6-12(15)17/h2-7,13,18,20H,8-9H2,1H3/t13-/m0/s1. The third kappa shape index (κ3) is 3.96. The van der Waals surface area contributed by atoms with Gasteiger partial charge in [0.15, 0.2) is 0 Å². The van der Waals surface area contributed by atoms with Crippen LogP contribution in [0.2, 0.25) is 0 Å². The second kappa shape index (κ2) is 7.10. The molecule has 0 fully saturated rings. The van der Waals surface area contributed by atoms with Crippen LogP contribution in [0.25, 0.3) is 0 Å². The van der Waals surface area contributed by atoms with E-state index in [0.29, 0.717) is 18.1 Å². The van der Waals surface area contributed by atoms with Crippen molar-refractivity contribution in [1.29, 1.82) is 0 Å². The minimum absolute atomic E-state index is 0.0107. The zero-order valence-corrected chi connectivity index (χ0v) is 11.5. The number of methoxy groups -OCH3 is 1. The minimum atomic E-state index is -1.27. The normalized spacial score (nSPS) is 12.2. The van der Waals surface area contributed by atoms with E-state index >= 15 is 0 Å². The van der Waals surface area contributed by atoms with E-state index in [0.717, 1.165) is 12.1 Å². The molecule has 2 aromatic rings. The van der Waals surface area contributed by atoms with Gasteiger partial charge in [0.05, 0.1) is 24.5 Å². The molecular weight excluding hydrogens is 278 g/mol. The molecule has 0 saturated carbocycles. The van der Waals surface area contributed by atoms with Crippen LogP contribution in [-0.4, -0.2) is 23.7 Å².